The number of thiophene rings is 1. The average Bonchev–Trinajstić information content (AvgIpc) is 2.81. The van der Waals surface area contributed by atoms with Gasteiger partial charge in [0.15, 0.2) is 0 Å². The fourth-order valence-electron chi connectivity index (χ4n) is 1.64. The monoisotopic (exact) mass is 246 g/mol. The number of hydrogen-bond donors (Lipinski definition) is 0. The number of fused-ring (bicyclic) bond motifs is 1. The topological polar surface area (TPSA) is 25.8 Å². The van der Waals surface area contributed by atoms with Gasteiger partial charge >= 0.3 is 0 Å². The van der Waals surface area contributed by atoms with Crippen LogP contribution in [-0.2, 0) is 0 Å². The van der Waals surface area contributed by atoms with E-state index in [2.05, 4.69) is 9.97 Å². The molecule has 3 aromatic rings. The van der Waals surface area contributed by atoms with Gasteiger partial charge in [0.05, 0.1) is 16.1 Å². The maximum atomic E-state index is 6.00. The van der Waals surface area contributed by atoms with Gasteiger partial charge in [-0.25, -0.2) is 9.97 Å². The van der Waals surface area contributed by atoms with Crippen molar-refractivity contribution >= 4 is 33.8 Å². The summed E-state index contributed by atoms with van der Waals surface area (Å²) in [7, 11) is 0. The van der Waals surface area contributed by atoms with Crippen molar-refractivity contribution in [2.75, 3.05) is 0 Å². The second-order valence-corrected chi connectivity index (χ2v) is 4.75. The maximum Gasteiger partial charge on any atom is 0.116 e. The predicted molar refractivity (Wildman–Crippen MR) is 67.9 cm³/mol. The standard InChI is InChI=1S/C12H7ClN2S/c13-8-3-4-10-9(6-8)12(15-7-14-10)11-2-1-5-16-11/h1-7H. The van der Waals surface area contributed by atoms with Gasteiger partial charge < -0.3 is 0 Å². The van der Waals surface area contributed by atoms with Gasteiger partial charge in [0.1, 0.15) is 6.33 Å². The third-order valence-corrected chi connectivity index (χ3v) is 3.46. The Morgan fingerprint density at radius 3 is 2.88 bits per heavy atom. The largest absolute Gasteiger partial charge is 0.236 e. The van der Waals surface area contributed by atoms with Crippen molar-refractivity contribution in [2.24, 2.45) is 0 Å². The predicted octanol–water partition coefficient (Wildman–Crippen LogP) is 4.01. The Labute approximate surface area is 102 Å². The van der Waals surface area contributed by atoms with Gasteiger partial charge in [-0.1, -0.05) is 17.7 Å². The minimum absolute atomic E-state index is 0.708. The molecule has 0 spiro atoms. The highest BCUT2D eigenvalue weighted by molar-refractivity contribution is 7.13. The molecule has 2 heterocycles. The molecule has 2 aromatic heterocycles. The number of benzene rings is 1. The molecule has 0 amide bonds. The molecule has 16 heavy (non-hydrogen) atoms. The third-order valence-electron chi connectivity index (χ3n) is 2.35. The zero-order valence-corrected chi connectivity index (χ0v) is 9.79. The molecule has 0 aliphatic carbocycles. The fraction of sp³-hybridized carbons (Fsp3) is 0. The molecule has 0 radical (unpaired) electrons. The van der Waals surface area contributed by atoms with Gasteiger partial charge in [0, 0.05) is 10.4 Å². The van der Waals surface area contributed by atoms with Crippen molar-refractivity contribution in [1.82, 2.24) is 9.97 Å². The molecule has 0 aliphatic rings. The highest BCUT2D eigenvalue weighted by Crippen LogP contribution is 2.30. The molecule has 3 rings (SSSR count). The summed E-state index contributed by atoms with van der Waals surface area (Å²) in [6.07, 6.45) is 1.59. The summed E-state index contributed by atoms with van der Waals surface area (Å²) >= 11 is 7.66. The zero-order valence-electron chi connectivity index (χ0n) is 8.22. The Morgan fingerprint density at radius 2 is 2.06 bits per heavy atom. The van der Waals surface area contributed by atoms with E-state index < -0.39 is 0 Å². The summed E-state index contributed by atoms with van der Waals surface area (Å²) in [6, 6.07) is 9.73. The Bertz CT molecular complexity index is 635. The highest BCUT2D eigenvalue weighted by atomic mass is 35.5. The average molecular weight is 247 g/mol. The van der Waals surface area contributed by atoms with Crippen LogP contribution in [-0.4, -0.2) is 9.97 Å². The molecule has 0 saturated heterocycles. The van der Waals surface area contributed by atoms with Gasteiger partial charge in [-0.2, -0.15) is 0 Å². The van der Waals surface area contributed by atoms with Crippen LogP contribution in [0, 0.1) is 0 Å². The van der Waals surface area contributed by atoms with E-state index in [1.54, 1.807) is 17.7 Å². The first-order valence-corrected chi connectivity index (χ1v) is 6.04. The van der Waals surface area contributed by atoms with Crippen LogP contribution in [0.1, 0.15) is 0 Å². The van der Waals surface area contributed by atoms with Crippen LogP contribution in [0.25, 0.3) is 21.5 Å². The van der Waals surface area contributed by atoms with Gasteiger partial charge in [-0.3, -0.25) is 0 Å². The summed E-state index contributed by atoms with van der Waals surface area (Å²) in [5, 5.41) is 3.74. The summed E-state index contributed by atoms with van der Waals surface area (Å²) in [4.78, 5) is 9.69. The second kappa shape index (κ2) is 3.85. The first-order chi connectivity index (χ1) is 7.84. The molecule has 0 fully saturated rings. The molecule has 78 valence electrons. The van der Waals surface area contributed by atoms with Gasteiger partial charge in [-0.15, -0.1) is 11.3 Å². The lowest BCUT2D eigenvalue weighted by atomic mass is 10.1. The number of halogens is 1. The van der Waals surface area contributed by atoms with Crippen LogP contribution >= 0.6 is 22.9 Å². The van der Waals surface area contributed by atoms with Crippen LogP contribution in [0.3, 0.4) is 0 Å². The smallest absolute Gasteiger partial charge is 0.116 e. The van der Waals surface area contributed by atoms with Crippen molar-refractivity contribution in [3.05, 3.63) is 47.1 Å². The van der Waals surface area contributed by atoms with E-state index in [0.29, 0.717) is 5.02 Å². The number of aromatic nitrogens is 2. The Morgan fingerprint density at radius 1 is 1.12 bits per heavy atom. The summed E-state index contributed by atoms with van der Waals surface area (Å²) < 4.78 is 0. The Kier molecular flexibility index (Phi) is 2.35. The second-order valence-electron chi connectivity index (χ2n) is 3.36. The SMILES string of the molecule is Clc1ccc2ncnc(-c3cccs3)c2c1. The van der Waals surface area contributed by atoms with Crippen LogP contribution in [0.5, 0.6) is 0 Å². The molecular formula is C12H7ClN2S. The molecule has 2 nitrogen and oxygen atoms in total. The lowest BCUT2D eigenvalue weighted by Crippen LogP contribution is -1.86. The van der Waals surface area contributed by atoms with E-state index in [1.807, 2.05) is 35.7 Å². The van der Waals surface area contributed by atoms with Crippen molar-refractivity contribution in [1.29, 1.82) is 0 Å². The van der Waals surface area contributed by atoms with Crippen molar-refractivity contribution in [3.63, 3.8) is 0 Å². The Hall–Kier alpha value is -1.45. The summed E-state index contributed by atoms with van der Waals surface area (Å²) in [6.45, 7) is 0. The molecule has 0 bridgehead atoms. The van der Waals surface area contributed by atoms with E-state index in [4.69, 9.17) is 11.6 Å². The minimum Gasteiger partial charge on any atom is -0.236 e. The first kappa shape index (κ1) is 9.75. The number of rotatable bonds is 1. The van der Waals surface area contributed by atoms with Crippen LogP contribution in [0.15, 0.2) is 42.0 Å². The molecule has 0 atom stereocenters. The third kappa shape index (κ3) is 1.58. The highest BCUT2D eigenvalue weighted by Gasteiger charge is 2.07. The van der Waals surface area contributed by atoms with E-state index in [-0.39, 0.29) is 0 Å². The first-order valence-electron chi connectivity index (χ1n) is 4.79. The number of nitrogens with zero attached hydrogens (tertiary/aromatic N) is 2. The molecular weight excluding hydrogens is 240 g/mol. The zero-order chi connectivity index (χ0) is 11.0. The van der Waals surface area contributed by atoms with Crippen molar-refractivity contribution < 1.29 is 0 Å². The molecule has 0 N–H and O–H groups in total. The molecule has 0 saturated carbocycles. The van der Waals surface area contributed by atoms with E-state index in [9.17, 15) is 0 Å². The lowest BCUT2D eigenvalue weighted by Gasteiger charge is -2.02. The normalized spacial score (nSPS) is 10.8. The number of hydrogen-bond acceptors (Lipinski definition) is 3. The van der Waals surface area contributed by atoms with E-state index in [1.165, 1.54) is 0 Å². The lowest BCUT2D eigenvalue weighted by molar-refractivity contribution is 1.23. The fourth-order valence-corrected chi connectivity index (χ4v) is 2.55. The van der Waals surface area contributed by atoms with Gasteiger partial charge in [-0.05, 0) is 29.6 Å². The van der Waals surface area contributed by atoms with Crippen molar-refractivity contribution in [2.45, 2.75) is 0 Å². The molecule has 0 unspecified atom stereocenters. The van der Waals surface area contributed by atoms with Gasteiger partial charge in [0.25, 0.3) is 0 Å². The molecule has 0 aliphatic heterocycles. The minimum atomic E-state index is 0.708. The summed E-state index contributed by atoms with van der Waals surface area (Å²) in [5.41, 5.74) is 1.87. The van der Waals surface area contributed by atoms with E-state index in [0.717, 1.165) is 21.5 Å². The van der Waals surface area contributed by atoms with Crippen LogP contribution in [0.4, 0.5) is 0 Å². The van der Waals surface area contributed by atoms with E-state index >= 15 is 0 Å². The Balaban J connectivity index is 2.36. The van der Waals surface area contributed by atoms with Crippen molar-refractivity contribution in [3.8, 4) is 10.6 Å². The maximum absolute atomic E-state index is 6.00. The van der Waals surface area contributed by atoms with Gasteiger partial charge in [0.2, 0.25) is 0 Å². The summed E-state index contributed by atoms with van der Waals surface area (Å²) in [5.74, 6) is 0. The molecule has 4 heteroatoms. The molecule has 1 aromatic carbocycles. The van der Waals surface area contributed by atoms with Crippen LogP contribution < -0.4 is 0 Å². The van der Waals surface area contributed by atoms with Crippen LogP contribution in [0.2, 0.25) is 5.02 Å². The quantitative estimate of drug-likeness (QED) is 0.648.